The third-order valence-electron chi connectivity index (χ3n) is 4.75. The van der Waals surface area contributed by atoms with Crippen LogP contribution in [-0.4, -0.2) is 40.9 Å². The van der Waals surface area contributed by atoms with Crippen LogP contribution in [0.2, 0.25) is 5.02 Å². The van der Waals surface area contributed by atoms with Gasteiger partial charge in [0.05, 0.1) is 27.4 Å². The first kappa shape index (κ1) is 24.1. The number of rotatable bonds is 9. The fourth-order valence-electron chi connectivity index (χ4n) is 2.97. The summed E-state index contributed by atoms with van der Waals surface area (Å²) in [5.41, 5.74) is 0.338. The van der Waals surface area contributed by atoms with Crippen LogP contribution in [-0.2, 0) is 4.79 Å². The number of nitro benzene ring substituents is 1. The van der Waals surface area contributed by atoms with Gasteiger partial charge in [-0.1, -0.05) is 25.4 Å². The Hall–Kier alpha value is -3.20. The predicted octanol–water partition coefficient (Wildman–Crippen LogP) is 3.88. The monoisotopic (exact) mass is 447 g/mol. The van der Waals surface area contributed by atoms with Crippen LogP contribution in [0.1, 0.15) is 38.1 Å². The molecule has 10 heteroatoms. The molecule has 166 valence electrons. The van der Waals surface area contributed by atoms with Crippen molar-refractivity contribution in [2.45, 2.75) is 33.7 Å². The van der Waals surface area contributed by atoms with Crippen LogP contribution >= 0.6 is 11.6 Å². The Morgan fingerprint density at radius 3 is 2.35 bits per heavy atom. The van der Waals surface area contributed by atoms with E-state index in [1.807, 2.05) is 19.9 Å². The summed E-state index contributed by atoms with van der Waals surface area (Å²) < 4.78 is 0. The van der Waals surface area contributed by atoms with Crippen molar-refractivity contribution >= 4 is 40.6 Å². The Kier molecular flexibility index (Phi) is 8.32. The molecule has 9 nitrogen and oxygen atoms in total. The summed E-state index contributed by atoms with van der Waals surface area (Å²) in [7, 11) is 0. The Balaban J connectivity index is 2.12. The van der Waals surface area contributed by atoms with E-state index in [0.29, 0.717) is 5.69 Å². The molecule has 0 fully saturated rings. The molecule has 0 spiro atoms. The van der Waals surface area contributed by atoms with Crippen molar-refractivity contribution in [2.24, 2.45) is 5.92 Å². The zero-order valence-electron chi connectivity index (χ0n) is 17.9. The van der Waals surface area contributed by atoms with E-state index >= 15 is 0 Å². The highest BCUT2D eigenvalue weighted by molar-refractivity contribution is 6.34. The lowest BCUT2D eigenvalue weighted by Crippen LogP contribution is -2.47. The van der Waals surface area contributed by atoms with E-state index < -0.39 is 22.8 Å². The van der Waals surface area contributed by atoms with Gasteiger partial charge in [-0.2, -0.15) is 0 Å². The second-order valence-electron chi connectivity index (χ2n) is 7.18. The lowest BCUT2D eigenvalue weighted by molar-refractivity contribution is -0.384. The smallest absolute Gasteiger partial charge is 0.270 e. The molecule has 1 unspecified atom stereocenters. The maximum Gasteiger partial charge on any atom is 0.270 e. The second kappa shape index (κ2) is 10.7. The number of carbonyl (C=O) groups is 2. The fourth-order valence-corrected chi connectivity index (χ4v) is 3.23. The molecule has 31 heavy (non-hydrogen) atoms. The van der Waals surface area contributed by atoms with Gasteiger partial charge < -0.3 is 15.5 Å². The number of aromatic nitrogens is 1. The zero-order valence-corrected chi connectivity index (χ0v) is 18.6. The number of carbonyl (C=O) groups excluding carboxylic acids is 2. The molecule has 0 aliphatic heterocycles. The van der Waals surface area contributed by atoms with Crippen LogP contribution in [0.5, 0.6) is 0 Å². The number of amides is 2. The number of nitrogens with one attached hydrogen (secondary N) is 2. The summed E-state index contributed by atoms with van der Waals surface area (Å²) in [5, 5.41) is 16.2. The lowest BCUT2D eigenvalue weighted by Gasteiger charge is -2.22. The highest BCUT2D eigenvalue weighted by Crippen LogP contribution is 2.23. The van der Waals surface area contributed by atoms with E-state index in [-0.39, 0.29) is 22.2 Å². The lowest BCUT2D eigenvalue weighted by atomic mass is 10.0. The standard InChI is InChI=1S/C21H26ClN5O4/c1-5-26(6-2)18-10-7-14(12-23-18)24-21(29)19(13(3)4)25-20(28)16-9-8-15(27(30)31)11-17(16)22/h7-13,19H,5-6H2,1-4H3,(H,24,29)(H,25,28). The topological polar surface area (TPSA) is 117 Å². The van der Waals surface area contributed by atoms with Gasteiger partial charge in [-0.3, -0.25) is 19.7 Å². The van der Waals surface area contributed by atoms with Gasteiger partial charge in [-0.15, -0.1) is 0 Å². The number of hydrogen-bond donors (Lipinski definition) is 2. The minimum absolute atomic E-state index is 0.0518. The maximum absolute atomic E-state index is 12.8. The molecule has 2 rings (SSSR count). The molecule has 0 radical (unpaired) electrons. The zero-order chi connectivity index (χ0) is 23.1. The number of nitrogens with zero attached hydrogens (tertiary/aromatic N) is 3. The second-order valence-corrected chi connectivity index (χ2v) is 7.59. The maximum atomic E-state index is 12.8. The van der Waals surface area contributed by atoms with Gasteiger partial charge in [0.25, 0.3) is 11.6 Å². The summed E-state index contributed by atoms with van der Waals surface area (Å²) in [4.78, 5) is 42.1. The molecule has 2 N–H and O–H groups in total. The Bertz CT molecular complexity index is 945. The first-order chi connectivity index (χ1) is 14.7. The molecule has 1 atom stereocenters. The third kappa shape index (κ3) is 6.14. The molecule has 1 aromatic heterocycles. The molecule has 2 amide bonds. The molecule has 1 heterocycles. The number of benzene rings is 1. The number of nitro groups is 1. The van der Waals surface area contributed by atoms with Gasteiger partial charge in [-0.05, 0) is 38.0 Å². The highest BCUT2D eigenvalue weighted by Gasteiger charge is 2.26. The molecule has 1 aromatic carbocycles. The third-order valence-corrected chi connectivity index (χ3v) is 5.06. The average Bonchev–Trinajstić information content (AvgIpc) is 2.73. The number of non-ortho nitro benzene ring substituents is 1. The highest BCUT2D eigenvalue weighted by atomic mass is 35.5. The van der Waals surface area contributed by atoms with E-state index in [1.165, 1.54) is 12.1 Å². The van der Waals surface area contributed by atoms with Crippen molar-refractivity contribution in [2.75, 3.05) is 23.3 Å². The van der Waals surface area contributed by atoms with Crippen LogP contribution in [0.3, 0.4) is 0 Å². The molecule has 0 aliphatic carbocycles. The molecular weight excluding hydrogens is 422 g/mol. The summed E-state index contributed by atoms with van der Waals surface area (Å²) in [6, 6.07) is 6.29. The summed E-state index contributed by atoms with van der Waals surface area (Å²) in [6.07, 6.45) is 1.57. The minimum Gasteiger partial charge on any atom is -0.357 e. The van der Waals surface area contributed by atoms with E-state index in [1.54, 1.807) is 26.1 Å². The van der Waals surface area contributed by atoms with Crippen LogP contribution < -0.4 is 15.5 Å². The van der Waals surface area contributed by atoms with Gasteiger partial charge in [0, 0.05) is 25.2 Å². The molecule has 0 saturated heterocycles. The first-order valence-corrected chi connectivity index (χ1v) is 10.3. The SMILES string of the molecule is CCN(CC)c1ccc(NC(=O)C(NC(=O)c2ccc([N+](=O)[O-])cc2Cl)C(C)C)cn1. The number of pyridine rings is 1. The van der Waals surface area contributed by atoms with Crippen molar-refractivity contribution in [3.8, 4) is 0 Å². The quantitative estimate of drug-likeness (QED) is 0.445. The Morgan fingerprint density at radius 2 is 1.87 bits per heavy atom. The van der Waals surface area contributed by atoms with Crippen LogP contribution in [0.25, 0.3) is 0 Å². The summed E-state index contributed by atoms with van der Waals surface area (Å²) in [6.45, 7) is 9.30. The van der Waals surface area contributed by atoms with Gasteiger partial charge in [0.15, 0.2) is 0 Å². The van der Waals surface area contributed by atoms with Crippen molar-refractivity contribution in [3.63, 3.8) is 0 Å². The number of anilines is 2. The first-order valence-electron chi connectivity index (χ1n) is 9.94. The van der Waals surface area contributed by atoms with Crippen LogP contribution in [0, 0.1) is 16.0 Å². The van der Waals surface area contributed by atoms with Crippen LogP contribution in [0.15, 0.2) is 36.5 Å². The van der Waals surface area contributed by atoms with Crippen molar-refractivity contribution < 1.29 is 14.5 Å². The van der Waals surface area contributed by atoms with E-state index in [2.05, 4.69) is 20.5 Å². The molecule has 0 bridgehead atoms. The Morgan fingerprint density at radius 1 is 1.19 bits per heavy atom. The van der Waals surface area contributed by atoms with Crippen molar-refractivity contribution in [1.82, 2.24) is 10.3 Å². The largest absolute Gasteiger partial charge is 0.357 e. The van der Waals surface area contributed by atoms with Crippen molar-refractivity contribution in [1.29, 1.82) is 0 Å². The summed E-state index contributed by atoms with van der Waals surface area (Å²) >= 11 is 6.03. The minimum atomic E-state index is -0.846. The molecule has 0 aliphatic rings. The van der Waals surface area contributed by atoms with Crippen molar-refractivity contribution in [3.05, 3.63) is 57.2 Å². The van der Waals surface area contributed by atoms with Gasteiger partial charge in [-0.25, -0.2) is 4.98 Å². The molecule has 0 saturated carbocycles. The Labute approximate surface area is 185 Å². The van der Waals surface area contributed by atoms with Gasteiger partial charge >= 0.3 is 0 Å². The fraction of sp³-hybridized carbons (Fsp3) is 0.381. The average molecular weight is 448 g/mol. The molecular formula is C21H26ClN5O4. The number of halogens is 1. The van der Waals surface area contributed by atoms with E-state index in [4.69, 9.17) is 11.6 Å². The summed E-state index contributed by atoms with van der Waals surface area (Å²) in [5.74, 6) is -0.407. The van der Waals surface area contributed by atoms with Gasteiger partial charge in [0.2, 0.25) is 5.91 Å². The normalized spacial score (nSPS) is 11.7. The van der Waals surface area contributed by atoms with E-state index in [0.717, 1.165) is 25.0 Å². The molecule has 2 aromatic rings. The van der Waals surface area contributed by atoms with Gasteiger partial charge in [0.1, 0.15) is 11.9 Å². The van der Waals surface area contributed by atoms with E-state index in [9.17, 15) is 19.7 Å². The number of hydrogen-bond acceptors (Lipinski definition) is 6. The predicted molar refractivity (Wildman–Crippen MR) is 121 cm³/mol. The van der Waals surface area contributed by atoms with Crippen LogP contribution in [0.4, 0.5) is 17.2 Å².